The Morgan fingerprint density at radius 1 is 1.21 bits per heavy atom. The van der Waals surface area contributed by atoms with Crippen molar-refractivity contribution in [3.05, 3.63) is 0 Å². The SMILES string of the molecule is CCCNc1nc(NC(C)CCO)nc(N(C)C)n1. The molecule has 1 aromatic heterocycles. The maximum absolute atomic E-state index is 8.91. The predicted octanol–water partition coefficient (Wildman–Crippen LogP) is 0.942. The topological polar surface area (TPSA) is 86.2 Å². The van der Waals surface area contributed by atoms with Crippen molar-refractivity contribution in [3.63, 3.8) is 0 Å². The predicted molar refractivity (Wildman–Crippen MR) is 77.7 cm³/mol. The van der Waals surface area contributed by atoms with Gasteiger partial charge < -0.3 is 20.6 Å². The largest absolute Gasteiger partial charge is 0.396 e. The van der Waals surface area contributed by atoms with Gasteiger partial charge in [-0.3, -0.25) is 0 Å². The van der Waals surface area contributed by atoms with E-state index < -0.39 is 0 Å². The molecule has 1 atom stereocenters. The van der Waals surface area contributed by atoms with E-state index in [1.54, 1.807) is 0 Å². The number of aliphatic hydroxyl groups excluding tert-OH is 1. The molecule has 0 aliphatic rings. The van der Waals surface area contributed by atoms with E-state index in [0.29, 0.717) is 24.3 Å². The lowest BCUT2D eigenvalue weighted by Gasteiger charge is -2.16. The Hall–Kier alpha value is -1.63. The van der Waals surface area contributed by atoms with Crippen molar-refractivity contribution in [2.24, 2.45) is 0 Å². The minimum atomic E-state index is 0.112. The summed E-state index contributed by atoms with van der Waals surface area (Å²) in [7, 11) is 3.78. The molecular weight excluding hydrogens is 244 g/mol. The van der Waals surface area contributed by atoms with Gasteiger partial charge in [0.2, 0.25) is 17.8 Å². The number of aromatic nitrogens is 3. The number of rotatable bonds is 8. The zero-order valence-electron chi connectivity index (χ0n) is 12.1. The van der Waals surface area contributed by atoms with Gasteiger partial charge in [-0.1, -0.05) is 6.92 Å². The number of hydrogen-bond acceptors (Lipinski definition) is 7. The second-order valence-corrected chi connectivity index (χ2v) is 4.66. The molecule has 7 heteroatoms. The molecule has 1 unspecified atom stereocenters. The van der Waals surface area contributed by atoms with Crippen molar-refractivity contribution in [2.75, 3.05) is 42.8 Å². The molecule has 7 nitrogen and oxygen atoms in total. The highest BCUT2D eigenvalue weighted by molar-refractivity contribution is 5.43. The van der Waals surface area contributed by atoms with Crippen LogP contribution in [-0.2, 0) is 0 Å². The van der Waals surface area contributed by atoms with Crippen LogP contribution in [0.1, 0.15) is 26.7 Å². The van der Waals surface area contributed by atoms with E-state index >= 15 is 0 Å². The van der Waals surface area contributed by atoms with E-state index in [-0.39, 0.29) is 12.6 Å². The summed E-state index contributed by atoms with van der Waals surface area (Å²) in [6.45, 7) is 5.03. The third-order valence-electron chi connectivity index (χ3n) is 2.49. The van der Waals surface area contributed by atoms with Crippen LogP contribution in [0, 0.1) is 0 Å². The molecule has 0 aliphatic carbocycles. The number of hydrogen-bond donors (Lipinski definition) is 3. The van der Waals surface area contributed by atoms with Gasteiger partial charge in [-0.2, -0.15) is 15.0 Å². The molecule has 0 bridgehead atoms. The summed E-state index contributed by atoms with van der Waals surface area (Å²) in [5, 5.41) is 15.2. The van der Waals surface area contributed by atoms with E-state index in [9.17, 15) is 0 Å². The lowest BCUT2D eigenvalue weighted by Crippen LogP contribution is -2.21. The second kappa shape index (κ2) is 7.73. The Labute approximate surface area is 114 Å². The van der Waals surface area contributed by atoms with Crippen molar-refractivity contribution in [3.8, 4) is 0 Å². The first-order chi connectivity index (χ1) is 9.06. The molecule has 0 amide bonds. The molecule has 19 heavy (non-hydrogen) atoms. The Bertz CT molecular complexity index is 384. The van der Waals surface area contributed by atoms with Crippen LogP contribution in [0.25, 0.3) is 0 Å². The summed E-state index contributed by atoms with van der Waals surface area (Å²) >= 11 is 0. The number of nitrogens with one attached hydrogen (secondary N) is 2. The molecule has 108 valence electrons. The highest BCUT2D eigenvalue weighted by atomic mass is 16.3. The average Bonchev–Trinajstić information content (AvgIpc) is 2.36. The van der Waals surface area contributed by atoms with Crippen molar-refractivity contribution in [1.29, 1.82) is 0 Å². The fourth-order valence-corrected chi connectivity index (χ4v) is 1.43. The van der Waals surface area contributed by atoms with Gasteiger partial charge in [-0.25, -0.2) is 0 Å². The average molecular weight is 268 g/mol. The van der Waals surface area contributed by atoms with Gasteiger partial charge in [0.05, 0.1) is 0 Å². The standard InChI is InChI=1S/C12H24N6O/c1-5-7-13-10-15-11(14-9(2)6-8-19)17-12(16-10)18(3)4/h9,19H,5-8H2,1-4H3,(H2,13,14,15,16,17). The molecule has 0 aliphatic heterocycles. The molecule has 0 fully saturated rings. The lowest BCUT2D eigenvalue weighted by atomic mass is 10.2. The first kappa shape index (κ1) is 15.4. The Morgan fingerprint density at radius 3 is 2.47 bits per heavy atom. The van der Waals surface area contributed by atoms with Gasteiger partial charge in [0.1, 0.15) is 0 Å². The first-order valence-corrected chi connectivity index (χ1v) is 6.61. The normalized spacial score (nSPS) is 12.1. The van der Waals surface area contributed by atoms with Crippen molar-refractivity contribution >= 4 is 17.8 Å². The fourth-order valence-electron chi connectivity index (χ4n) is 1.43. The van der Waals surface area contributed by atoms with Crippen LogP contribution >= 0.6 is 0 Å². The van der Waals surface area contributed by atoms with Gasteiger partial charge in [0.25, 0.3) is 0 Å². The molecule has 0 aromatic carbocycles. The molecule has 0 radical (unpaired) electrons. The Balaban J connectivity index is 2.86. The highest BCUT2D eigenvalue weighted by Crippen LogP contribution is 2.12. The monoisotopic (exact) mass is 268 g/mol. The second-order valence-electron chi connectivity index (χ2n) is 4.66. The minimum absolute atomic E-state index is 0.112. The van der Waals surface area contributed by atoms with Gasteiger partial charge in [-0.15, -0.1) is 0 Å². The highest BCUT2D eigenvalue weighted by Gasteiger charge is 2.09. The molecule has 0 spiro atoms. The smallest absolute Gasteiger partial charge is 0.231 e. The van der Waals surface area contributed by atoms with Crippen LogP contribution in [0.2, 0.25) is 0 Å². The molecular formula is C12H24N6O. The third-order valence-corrected chi connectivity index (χ3v) is 2.49. The summed E-state index contributed by atoms with van der Waals surface area (Å²) in [6, 6.07) is 0.112. The number of anilines is 3. The summed E-state index contributed by atoms with van der Waals surface area (Å²) in [5.74, 6) is 1.70. The van der Waals surface area contributed by atoms with Gasteiger partial charge in [-0.05, 0) is 19.8 Å². The molecule has 3 N–H and O–H groups in total. The summed E-state index contributed by atoms with van der Waals surface area (Å²) < 4.78 is 0. The van der Waals surface area contributed by atoms with E-state index in [4.69, 9.17) is 5.11 Å². The zero-order valence-corrected chi connectivity index (χ0v) is 12.1. The summed E-state index contributed by atoms with van der Waals surface area (Å²) in [4.78, 5) is 14.8. The molecule has 0 saturated heterocycles. The van der Waals surface area contributed by atoms with Crippen molar-refractivity contribution in [1.82, 2.24) is 15.0 Å². The maximum atomic E-state index is 8.91. The van der Waals surface area contributed by atoms with Crippen LogP contribution < -0.4 is 15.5 Å². The molecule has 1 heterocycles. The lowest BCUT2D eigenvalue weighted by molar-refractivity contribution is 0.282. The van der Waals surface area contributed by atoms with Crippen LogP contribution in [0.3, 0.4) is 0 Å². The van der Waals surface area contributed by atoms with Crippen LogP contribution in [-0.4, -0.2) is 53.3 Å². The van der Waals surface area contributed by atoms with Crippen LogP contribution in [0.15, 0.2) is 0 Å². The third kappa shape index (κ3) is 5.25. The Kier molecular flexibility index (Phi) is 6.27. The van der Waals surface area contributed by atoms with Crippen molar-refractivity contribution in [2.45, 2.75) is 32.7 Å². The Morgan fingerprint density at radius 2 is 1.89 bits per heavy atom. The van der Waals surface area contributed by atoms with E-state index in [1.807, 2.05) is 25.9 Å². The molecule has 1 rings (SSSR count). The first-order valence-electron chi connectivity index (χ1n) is 6.61. The summed E-state index contributed by atoms with van der Waals surface area (Å²) in [5.41, 5.74) is 0. The minimum Gasteiger partial charge on any atom is -0.396 e. The van der Waals surface area contributed by atoms with E-state index in [0.717, 1.165) is 13.0 Å². The van der Waals surface area contributed by atoms with E-state index in [2.05, 4.69) is 32.5 Å². The quantitative estimate of drug-likeness (QED) is 0.647. The van der Waals surface area contributed by atoms with Crippen molar-refractivity contribution < 1.29 is 5.11 Å². The zero-order chi connectivity index (χ0) is 14.3. The number of nitrogens with zero attached hydrogens (tertiary/aromatic N) is 4. The fraction of sp³-hybridized carbons (Fsp3) is 0.750. The maximum Gasteiger partial charge on any atom is 0.231 e. The van der Waals surface area contributed by atoms with Gasteiger partial charge in [0, 0.05) is 33.3 Å². The summed E-state index contributed by atoms with van der Waals surface area (Å²) in [6.07, 6.45) is 1.66. The number of aliphatic hydroxyl groups is 1. The van der Waals surface area contributed by atoms with Gasteiger partial charge >= 0.3 is 0 Å². The van der Waals surface area contributed by atoms with Crippen LogP contribution in [0.4, 0.5) is 17.8 Å². The van der Waals surface area contributed by atoms with Gasteiger partial charge in [0.15, 0.2) is 0 Å². The van der Waals surface area contributed by atoms with E-state index in [1.165, 1.54) is 0 Å². The molecule has 0 saturated carbocycles. The van der Waals surface area contributed by atoms with Crippen LogP contribution in [0.5, 0.6) is 0 Å². The molecule has 1 aromatic rings.